The highest BCUT2D eigenvalue weighted by atomic mass is 32.1. The normalized spacial score (nSPS) is 11.6. The third-order valence-electron chi connectivity index (χ3n) is 3.33. The maximum absolute atomic E-state index is 12.6. The summed E-state index contributed by atoms with van der Waals surface area (Å²) in [6, 6.07) is 3.83. The van der Waals surface area contributed by atoms with Crippen LogP contribution < -0.4 is 5.56 Å². The summed E-state index contributed by atoms with van der Waals surface area (Å²) < 4.78 is 9.20. The SMILES string of the molecule is CCc1nn(CC(=O)OC(C)C)c(=O)c2cc3sccc3n12. The Hall–Kier alpha value is -2.15. The molecule has 0 radical (unpaired) electrons. The lowest BCUT2D eigenvalue weighted by atomic mass is 10.4. The van der Waals surface area contributed by atoms with Crippen molar-refractivity contribution in [2.24, 2.45) is 0 Å². The molecule has 0 atom stereocenters. The molecule has 0 aliphatic heterocycles. The highest BCUT2D eigenvalue weighted by Crippen LogP contribution is 2.24. The Morgan fingerprint density at radius 1 is 1.41 bits per heavy atom. The third-order valence-corrected chi connectivity index (χ3v) is 4.19. The molecule has 0 aliphatic carbocycles. The van der Waals surface area contributed by atoms with Crippen LogP contribution in [0.5, 0.6) is 0 Å². The van der Waals surface area contributed by atoms with Crippen LogP contribution in [-0.2, 0) is 22.5 Å². The summed E-state index contributed by atoms with van der Waals surface area (Å²) in [5.41, 5.74) is 1.26. The highest BCUT2D eigenvalue weighted by molar-refractivity contribution is 7.17. The van der Waals surface area contributed by atoms with Gasteiger partial charge in [-0.1, -0.05) is 6.92 Å². The Morgan fingerprint density at radius 3 is 2.86 bits per heavy atom. The molecule has 0 amide bonds. The van der Waals surface area contributed by atoms with Crippen LogP contribution in [0.3, 0.4) is 0 Å². The van der Waals surface area contributed by atoms with Gasteiger partial charge < -0.3 is 4.74 Å². The number of carbonyl (C=O) groups excluding carboxylic acids is 1. The van der Waals surface area contributed by atoms with Crippen LogP contribution in [0.2, 0.25) is 0 Å². The maximum Gasteiger partial charge on any atom is 0.328 e. The Morgan fingerprint density at radius 2 is 2.18 bits per heavy atom. The van der Waals surface area contributed by atoms with Gasteiger partial charge in [0.15, 0.2) is 0 Å². The topological polar surface area (TPSA) is 65.6 Å². The predicted molar refractivity (Wildman–Crippen MR) is 85.4 cm³/mol. The average Bonchev–Trinajstić information content (AvgIpc) is 3.02. The first-order valence-electron chi connectivity index (χ1n) is 7.19. The van der Waals surface area contributed by atoms with Gasteiger partial charge in [-0.15, -0.1) is 11.3 Å². The predicted octanol–water partition coefficient (Wildman–Crippen LogP) is 2.22. The number of esters is 1. The number of aromatic nitrogens is 3. The van der Waals surface area contributed by atoms with Crippen molar-refractivity contribution >= 4 is 33.0 Å². The first kappa shape index (κ1) is 14.8. The van der Waals surface area contributed by atoms with E-state index in [1.54, 1.807) is 25.2 Å². The van der Waals surface area contributed by atoms with E-state index in [2.05, 4.69) is 5.10 Å². The molecule has 6 nitrogen and oxygen atoms in total. The smallest absolute Gasteiger partial charge is 0.328 e. The standard InChI is InChI=1S/C15H17N3O3S/c1-4-13-16-17(8-14(19)21-9(2)3)15(20)11-7-12-10(18(11)13)5-6-22-12/h5-7,9H,4,8H2,1-3H3. The van der Waals surface area contributed by atoms with Crippen molar-refractivity contribution in [3.05, 3.63) is 33.7 Å². The van der Waals surface area contributed by atoms with Gasteiger partial charge in [0.1, 0.15) is 17.9 Å². The van der Waals surface area contributed by atoms with E-state index in [0.29, 0.717) is 11.9 Å². The van der Waals surface area contributed by atoms with Crippen LogP contribution in [0.1, 0.15) is 26.6 Å². The second kappa shape index (κ2) is 5.57. The van der Waals surface area contributed by atoms with Gasteiger partial charge in [-0.2, -0.15) is 5.10 Å². The van der Waals surface area contributed by atoms with E-state index in [-0.39, 0.29) is 18.2 Å². The van der Waals surface area contributed by atoms with Crippen molar-refractivity contribution in [2.75, 3.05) is 0 Å². The van der Waals surface area contributed by atoms with E-state index in [9.17, 15) is 9.59 Å². The van der Waals surface area contributed by atoms with Crippen molar-refractivity contribution in [3.8, 4) is 0 Å². The Kier molecular flexibility index (Phi) is 3.74. The summed E-state index contributed by atoms with van der Waals surface area (Å²) in [7, 11) is 0. The number of nitrogens with zero attached hydrogens (tertiary/aromatic N) is 3. The number of hydrogen-bond donors (Lipinski definition) is 0. The van der Waals surface area contributed by atoms with Gasteiger partial charge in [0, 0.05) is 6.42 Å². The molecule has 0 aromatic carbocycles. The molecule has 3 aromatic heterocycles. The van der Waals surface area contributed by atoms with Gasteiger partial charge in [-0.3, -0.25) is 14.0 Å². The molecule has 0 fully saturated rings. The molecule has 0 bridgehead atoms. The van der Waals surface area contributed by atoms with Crippen LogP contribution in [0.25, 0.3) is 15.7 Å². The zero-order valence-electron chi connectivity index (χ0n) is 12.7. The second-order valence-corrected chi connectivity index (χ2v) is 6.25. The lowest BCUT2D eigenvalue weighted by Gasteiger charge is -2.11. The van der Waals surface area contributed by atoms with Gasteiger partial charge in [0.2, 0.25) is 0 Å². The first-order valence-corrected chi connectivity index (χ1v) is 8.07. The molecule has 0 saturated carbocycles. The van der Waals surface area contributed by atoms with E-state index in [1.807, 2.05) is 28.8 Å². The van der Waals surface area contributed by atoms with Crippen molar-refractivity contribution in [2.45, 2.75) is 39.8 Å². The molecule has 7 heteroatoms. The highest BCUT2D eigenvalue weighted by Gasteiger charge is 2.16. The molecule has 22 heavy (non-hydrogen) atoms. The minimum atomic E-state index is -0.454. The first-order chi connectivity index (χ1) is 10.5. The quantitative estimate of drug-likeness (QED) is 0.692. The van der Waals surface area contributed by atoms with Crippen LogP contribution in [-0.4, -0.2) is 26.3 Å². The summed E-state index contributed by atoms with van der Waals surface area (Å²) in [6.07, 6.45) is 0.451. The minimum Gasteiger partial charge on any atom is -0.462 e. The molecule has 0 aliphatic rings. The lowest BCUT2D eigenvalue weighted by molar-refractivity contribution is -0.148. The molecular formula is C15H17N3O3S. The Bertz CT molecular complexity index is 904. The van der Waals surface area contributed by atoms with Crippen LogP contribution >= 0.6 is 11.3 Å². The molecular weight excluding hydrogens is 302 g/mol. The lowest BCUT2D eigenvalue weighted by Crippen LogP contribution is -2.31. The Labute approximate surface area is 130 Å². The number of hydrogen-bond acceptors (Lipinski definition) is 5. The van der Waals surface area contributed by atoms with Gasteiger partial charge in [0.25, 0.3) is 5.56 Å². The summed E-state index contributed by atoms with van der Waals surface area (Å²) in [5, 5.41) is 6.33. The summed E-state index contributed by atoms with van der Waals surface area (Å²) in [6.45, 7) is 5.35. The van der Waals surface area contributed by atoms with Crippen LogP contribution in [0.4, 0.5) is 0 Å². The van der Waals surface area contributed by atoms with Crippen molar-refractivity contribution in [1.82, 2.24) is 14.2 Å². The average molecular weight is 319 g/mol. The Balaban J connectivity index is 2.14. The molecule has 0 unspecified atom stereocenters. The second-order valence-electron chi connectivity index (χ2n) is 5.31. The third kappa shape index (κ3) is 2.41. The number of ether oxygens (including phenoxy) is 1. The summed E-state index contributed by atoms with van der Waals surface area (Å²) in [4.78, 5) is 24.4. The minimum absolute atomic E-state index is 0.167. The molecule has 116 valence electrons. The molecule has 3 rings (SSSR count). The number of rotatable bonds is 4. The number of fused-ring (bicyclic) bond motifs is 3. The van der Waals surface area contributed by atoms with Crippen molar-refractivity contribution in [1.29, 1.82) is 0 Å². The monoisotopic (exact) mass is 319 g/mol. The molecule has 3 heterocycles. The fraction of sp³-hybridized carbons (Fsp3) is 0.400. The van der Waals surface area contributed by atoms with Crippen LogP contribution in [0, 0.1) is 0 Å². The van der Waals surface area contributed by atoms with Crippen molar-refractivity contribution in [3.63, 3.8) is 0 Å². The molecule has 0 spiro atoms. The molecule has 0 N–H and O–H groups in total. The van der Waals surface area contributed by atoms with Gasteiger partial charge in [0.05, 0.1) is 16.3 Å². The number of thiophene rings is 1. The summed E-state index contributed by atoms with van der Waals surface area (Å²) in [5.74, 6) is 0.296. The largest absolute Gasteiger partial charge is 0.462 e. The molecule has 0 saturated heterocycles. The van der Waals surface area contributed by atoms with Gasteiger partial charge in [-0.25, -0.2) is 4.68 Å². The fourth-order valence-electron chi connectivity index (χ4n) is 2.48. The number of aryl methyl sites for hydroxylation is 1. The van der Waals surface area contributed by atoms with Crippen LogP contribution in [0.15, 0.2) is 22.3 Å². The summed E-state index contributed by atoms with van der Waals surface area (Å²) >= 11 is 1.58. The zero-order chi connectivity index (χ0) is 15.9. The fourth-order valence-corrected chi connectivity index (χ4v) is 3.28. The number of carbonyl (C=O) groups is 1. The van der Waals surface area contributed by atoms with E-state index >= 15 is 0 Å². The zero-order valence-corrected chi connectivity index (χ0v) is 13.5. The van der Waals surface area contributed by atoms with E-state index in [4.69, 9.17) is 4.74 Å². The van der Waals surface area contributed by atoms with E-state index in [1.165, 1.54) is 4.68 Å². The van der Waals surface area contributed by atoms with Crippen molar-refractivity contribution < 1.29 is 9.53 Å². The maximum atomic E-state index is 12.6. The molecule has 3 aromatic rings. The van der Waals surface area contributed by atoms with E-state index < -0.39 is 5.97 Å². The van der Waals surface area contributed by atoms with Gasteiger partial charge >= 0.3 is 5.97 Å². The van der Waals surface area contributed by atoms with Gasteiger partial charge in [-0.05, 0) is 31.4 Å². The van der Waals surface area contributed by atoms with E-state index in [0.717, 1.165) is 16.0 Å².